The summed E-state index contributed by atoms with van der Waals surface area (Å²) in [7, 11) is 1.73. The molecule has 1 fully saturated rings. The number of hydrogen-bond acceptors (Lipinski definition) is 5. The van der Waals surface area contributed by atoms with Crippen LogP contribution >= 0.6 is 0 Å². The van der Waals surface area contributed by atoms with E-state index in [1.165, 1.54) is 12.1 Å². The van der Waals surface area contributed by atoms with Gasteiger partial charge in [0.05, 0.1) is 6.07 Å². The lowest BCUT2D eigenvalue weighted by Gasteiger charge is -2.36. The summed E-state index contributed by atoms with van der Waals surface area (Å²) in [6, 6.07) is 2.74. The van der Waals surface area contributed by atoms with Crippen LogP contribution in [0, 0.1) is 10.1 Å². The molecule has 0 spiro atoms. The molecule has 0 N–H and O–H groups in total. The topological polar surface area (TPSA) is 79.8 Å². The first kappa shape index (κ1) is 15.5. The van der Waals surface area contributed by atoms with Crippen molar-refractivity contribution in [2.24, 2.45) is 0 Å². The second kappa shape index (κ2) is 6.71. The van der Waals surface area contributed by atoms with Crippen molar-refractivity contribution in [2.75, 3.05) is 26.7 Å². The van der Waals surface area contributed by atoms with E-state index < -0.39 is 10.8 Å². The Morgan fingerprint density at radius 1 is 1.48 bits per heavy atom. The van der Waals surface area contributed by atoms with Gasteiger partial charge < -0.3 is 14.2 Å². The molecule has 1 aliphatic rings. The molecule has 1 aromatic heterocycles. The van der Waals surface area contributed by atoms with Gasteiger partial charge in [-0.15, -0.1) is 0 Å². The number of likely N-dealkylation sites (tertiary alicyclic amines) is 1. The molecule has 0 aromatic carbocycles. The number of piperidine rings is 1. The quantitative estimate of drug-likeness (QED) is 0.614. The van der Waals surface area contributed by atoms with Crippen LogP contribution < -0.4 is 0 Å². The highest BCUT2D eigenvalue weighted by atomic mass is 16.6. The molecule has 1 aliphatic heterocycles. The first-order valence-electron chi connectivity index (χ1n) is 7.26. The molecule has 0 bridgehead atoms. The summed E-state index contributed by atoms with van der Waals surface area (Å²) in [4.78, 5) is 26.3. The lowest BCUT2D eigenvalue weighted by Crippen LogP contribution is -2.45. The fourth-order valence-corrected chi connectivity index (χ4v) is 2.73. The number of furan rings is 1. The van der Waals surface area contributed by atoms with Crippen molar-refractivity contribution in [3.8, 4) is 0 Å². The SMILES string of the molecule is CCCN1CCC(N(C)C(=O)c2ccc([N+](=O)[O-])o2)CC1. The largest absolute Gasteiger partial charge is 0.433 e. The lowest BCUT2D eigenvalue weighted by atomic mass is 10.0. The zero-order valence-corrected chi connectivity index (χ0v) is 12.4. The highest BCUT2D eigenvalue weighted by Gasteiger charge is 2.28. The molecule has 2 rings (SSSR count). The van der Waals surface area contributed by atoms with Crippen LogP contribution in [0.2, 0.25) is 0 Å². The summed E-state index contributed by atoms with van der Waals surface area (Å²) in [5.74, 6) is -0.665. The molecule has 116 valence electrons. The van der Waals surface area contributed by atoms with E-state index in [4.69, 9.17) is 4.42 Å². The van der Waals surface area contributed by atoms with Gasteiger partial charge >= 0.3 is 5.88 Å². The molecular formula is C14H21N3O4. The third-order valence-corrected chi connectivity index (χ3v) is 3.95. The molecule has 0 atom stereocenters. The predicted octanol–water partition coefficient (Wildman–Crippen LogP) is 2.13. The second-order valence-electron chi connectivity index (χ2n) is 5.38. The number of rotatable bonds is 5. The molecule has 0 unspecified atom stereocenters. The predicted molar refractivity (Wildman–Crippen MR) is 77.2 cm³/mol. The van der Waals surface area contributed by atoms with E-state index >= 15 is 0 Å². The smallest absolute Gasteiger partial charge is 0.395 e. The van der Waals surface area contributed by atoms with Crippen molar-refractivity contribution >= 4 is 11.8 Å². The fraction of sp³-hybridized carbons (Fsp3) is 0.643. The number of hydrogen-bond donors (Lipinski definition) is 0. The lowest BCUT2D eigenvalue weighted by molar-refractivity contribution is -0.402. The Bertz CT molecular complexity index is 506. The van der Waals surface area contributed by atoms with Crippen LogP contribution in [0.25, 0.3) is 0 Å². The molecule has 7 nitrogen and oxygen atoms in total. The Balaban J connectivity index is 1.94. The van der Waals surface area contributed by atoms with E-state index in [1.54, 1.807) is 11.9 Å². The summed E-state index contributed by atoms with van der Waals surface area (Å²) in [5, 5.41) is 10.6. The van der Waals surface area contributed by atoms with Crippen LogP contribution in [0.15, 0.2) is 16.5 Å². The van der Waals surface area contributed by atoms with Gasteiger partial charge in [-0.3, -0.25) is 14.9 Å². The summed E-state index contributed by atoms with van der Waals surface area (Å²) in [6.07, 6.45) is 2.98. The third kappa shape index (κ3) is 3.60. The first-order chi connectivity index (χ1) is 10.0. The highest BCUT2D eigenvalue weighted by molar-refractivity contribution is 5.91. The molecule has 7 heteroatoms. The molecule has 0 radical (unpaired) electrons. The summed E-state index contributed by atoms with van der Waals surface area (Å²) >= 11 is 0. The number of amides is 1. The monoisotopic (exact) mass is 295 g/mol. The number of carbonyl (C=O) groups excluding carboxylic acids is 1. The normalized spacial score (nSPS) is 16.9. The van der Waals surface area contributed by atoms with Gasteiger partial charge in [0.2, 0.25) is 0 Å². The molecule has 1 amide bonds. The molecule has 0 aliphatic carbocycles. The summed E-state index contributed by atoms with van der Waals surface area (Å²) < 4.78 is 4.98. The van der Waals surface area contributed by atoms with E-state index in [2.05, 4.69) is 11.8 Å². The standard InChI is InChI=1S/C14H21N3O4/c1-3-8-16-9-6-11(7-10-16)15(2)14(18)12-4-5-13(21-12)17(19)20/h4-5,11H,3,6-10H2,1-2H3. The van der Waals surface area contributed by atoms with Crippen LogP contribution in [-0.2, 0) is 0 Å². The minimum Gasteiger partial charge on any atom is -0.395 e. The molecule has 1 aromatic rings. The molecule has 1 saturated heterocycles. The van der Waals surface area contributed by atoms with Crippen LogP contribution in [0.4, 0.5) is 5.88 Å². The van der Waals surface area contributed by atoms with Gasteiger partial charge in [-0.25, -0.2) is 0 Å². The number of nitrogens with zero attached hydrogens (tertiary/aromatic N) is 3. The van der Waals surface area contributed by atoms with Crippen molar-refractivity contribution in [1.29, 1.82) is 0 Å². The molecule has 0 saturated carbocycles. The maximum atomic E-state index is 12.3. The summed E-state index contributed by atoms with van der Waals surface area (Å²) in [6.45, 7) is 5.21. The Morgan fingerprint density at radius 2 is 2.14 bits per heavy atom. The van der Waals surface area contributed by atoms with Crippen LogP contribution in [-0.4, -0.2) is 53.4 Å². The molecule has 2 heterocycles. The zero-order valence-electron chi connectivity index (χ0n) is 12.4. The van der Waals surface area contributed by atoms with Gasteiger partial charge in [0, 0.05) is 26.2 Å². The van der Waals surface area contributed by atoms with E-state index in [0.717, 1.165) is 38.9 Å². The van der Waals surface area contributed by atoms with E-state index in [-0.39, 0.29) is 17.7 Å². The average Bonchev–Trinajstić information content (AvgIpc) is 2.97. The van der Waals surface area contributed by atoms with Crippen LogP contribution in [0.5, 0.6) is 0 Å². The third-order valence-electron chi connectivity index (χ3n) is 3.95. The summed E-state index contributed by atoms with van der Waals surface area (Å²) in [5.41, 5.74) is 0. The van der Waals surface area contributed by atoms with Crippen molar-refractivity contribution < 1.29 is 14.1 Å². The highest BCUT2D eigenvalue weighted by Crippen LogP contribution is 2.21. The number of nitro groups is 1. The van der Waals surface area contributed by atoms with Gasteiger partial charge in [0.15, 0.2) is 5.76 Å². The Morgan fingerprint density at radius 3 is 2.67 bits per heavy atom. The van der Waals surface area contributed by atoms with Crippen LogP contribution in [0.1, 0.15) is 36.7 Å². The minimum absolute atomic E-state index is 0.0280. The van der Waals surface area contributed by atoms with E-state index in [0.29, 0.717) is 0 Å². The molecular weight excluding hydrogens is 274 g/mol. The maximum absolute atomic E-state index is 12.3. The minimum atomic E-state index is -0.639. The van der Waals surface area contributed by atoms with Crippen molar-refractivity contribution in [2.45, 2.75) is 32.2 Å². The van der Waals surface area contributed by atoms with Gasteiger partial charge in [-0.2, -0.15) is 0 Å². The Labute approximate surface area is 123 Å². The van der Waals surface area contributed by atoms with Crippen molar-refractivity contribution in [3.63, 3.8) is 0 Å². The van der Waals surface area contributed by atoms with Gasteiger partial charge in [0.1, 0.15) is 4.92 Å². The van der Waals surface area contributed by atoms with Crippen molar-refractivity contribution in [3.05, 3.63) is 28.0 Å². The van der Waals surface area contributed by atoms with E-state index in [1.807, 2.05) is 0 Å². The first-order valence-corrected chi connectivity index (χ1v) is 7.26. The average molecular weight is 295 g/mol. The Kier molecular flexibility index (Phi) is 4.95. The van der Waals surface area contributed by atoms with Gasteiger partial charge in [0.25, 0.3) is 5.91 Å². The van der Waals surface area contributed by atoms with Crippen molar-refractivity contribution in [1.82, 2.24) is 9.80 Å². The Hall–Kier alpha value is -1.89. The fourth-order valence-electron chi connectivity index (χ4n) is 2.73. The maximum Gasteiger partial charge on any atom is 0.433 e. The zero-order chi connectivity index (χ0) is 15.4. The van der Waals surface area contributed by atoms with Gasteiger partial charge in [-0.1, -0.05) is 6.92 Å². The van der Waals surface area contributed by atoms with Crippen LogP contribution in [0.3, 0.4) is 0 Å². The number of carbonyl (C=O) groups is 1. The second-order valence-corrected chi connectivity index (χ2v) is 5.38. The van der Waals surface area contributed by atoms with Gasteiger partial charge in [-0.05, 0) is 31.9 Å². The van der Waals surface area contributed by atoms with E-state index in [9.17, 15) is 14.9 Å². The molecule has 21 heavy (non-hydrogen) atoms.